The predicted octanol–water partition coefficient (Wildman–Crippen LogP) is 2.91. The smallest absolute Gasteiger partial charge is 0.270 e. The normalized spacial score (nSPS) is 12.8. The average molecular weight is 286 g/mol. The lowest BCUT2D eigenvalue weighted by atomic mass is 10.00. The van der Waals surface area contributed by atoms with Crippen molar-refractivity contribution in [3.05, 3.63) is 48.0 Å². The van der Waals surface area contributed by atoms with Gasteiger partial charge >= 0.3 is 0 Å². The number of hydrogen-bond donors (Lipinski definition) is 1. The molecule has 0 heterocycles. The van der Waals surface area contributed by atoms with Gasteiger partial charge in [0.15, 0.2) is 0 Å². The van der Waals surface area contributed by atoms with E-state index in [1.165, 1.54) is 6.07 Å². The Morgan fingerprint density at radius 1 is 1.05 bits per heavy atom. The Kier molecular flexibility index (Phi) is 3.56. The second-order valence-electron chi connectivity index (χ2n) is 4.40. The van der Waals surface area contributed by atoms with Gasteiger partial charge in [0.1, 0.15) is 5.75 Å². The van der Waals surface area contributed by atoms with Crippen molar-refractivity contribution in [1.82, 2.24) is 0 Å². The standard InChI is InChI=1S/C13H12F2O3S/c14-13(15,9-19(16,17)18)8-11-6-3-5-10-4-1-2-7-12(10)11/h1-7H,8-9H2,(H,16,17,18). The van der Waals surface area contributed by atoms with E-state index < -0.39 is 28.2 Å². The summed E-state index contributed by atoms with van der Waals surface area (Å²) >= 11 is 0. The van der Waals surface area contributed by atoms with E-state index in [-0.39, 0.29) is 0 Å². The summed E-state index contributed by atoms with van der Waals surface area (Å²) < 4.78 is 56.9. The largest absolute Gasteiger partial charge is 0.285 e. The maximum absolute atomic E-state index is 13.6. The third-order valence-corrected chi connectivity index (χ3v) is 3.51. The van der Waals surface area contributed by atoms with Gasteiger partial charge in [-0.05, 0) is 16.3 Å². The van der Waals surface area contributed by atoms with Crippen LogP contribution in [0.15, 0.2) is 42.5 Å². The zero-order chi connectivity index (χ0) is 14.1. The lowest BCUT2D eigenvalue weighted by Gasteiger charge is -2.16. The van der Waals surface area contributed by atoms with E-state index >= 15 is 0 Å². The van der Waals surface area contributed by atoms with E-state index in [1.54, 1.807) is 36.4 Å². The molecule has 2 rings (SSSR count). The third-order valence-electron chi connectivity index (χ3n) is 2.72. The van der Waals surface area contributed by atoms with Crippen LogP contribution >= 0.6 is 0 Å². The lowest BCUT2D eigenvalue weighted by Crippen LogP contribution is -2.30. The van der Waals surface area contributed by atoms with E-state index in [1.807, 2.05) is 0 Å². The van der Waals surface area contributed by atoms with Gasteiger partial charge in [-0.15, -0.1) is 0 Å². The molecule has 19 heavy (non-hydrogen) atoms. The molecule has 0 saturated heterocycles. The molecule has 1 N–H and O–H groups in total. The van der Waals surface area contributed by atoms with Crippen LogP contribution in [0, 0.1) is 0 Å². The van der Waals surface area contributed by atoms with Crippen molar-refractivity contribution in [2.45, 2.75) is 12.3 Å². The first-order valence-electron chi connectivity index (χ1n) is 5.56. The second kappa shape index (κ2) is 4.86. The Morgan fingerprint density at radius 2 is 1.68 bits per heavy atom. The van der Waals surface area contributed by atoms with Gasteiger partial charge in [-0.25, -0.2) is 8.78 Å². The van der Waals surface area contributed by atoms with Crippen molar-refractivity contribution in [3.63, 3.8) is 0 Å². The number of halogens is 2. The first-order chi connectivity index (χ1) is 8.77. The molecule has 0 radical (unpaired) electrons. The molecule has 0 fully saturated rings. The molecule has 0 spiro atoms. The van der Waals surface area contributed by atoms with Crippen molar-refractivity contribution in [2.75, 3.05) is 5.75 Å². The summed E-state index contributed by atoms with van der Waals surface area (Å²) in [5.74, 6) is -5.07. The van der Waals surface area contributed by atoms with Gasteiger partial charge in [-0.1, -0.05) is 42.5 Å². The highest BCUT2D eigenvalue weighted by Gasteiger charge is 2.35. The maximum Gasteiger partial charge on any atom is 0.270 e. The SMILES string of the molecule is O=S(=O)(O)CC(F)(F)Cc1cccc2ccccc12. The van der Waals surface area contributed by atoms with E-state index in [2.05, 4.69) is 0 Å². The molecule has 6 heteroatoms. The van der Waals surface area contributed by atoms with E-state index in [9.17, 15) is 17.2 Å². The molecule has 2 aromatic carbocycles. The van der Waals surface area contributed by atoms with Gasteiger partial charge in [0, 0.05) is 6.42 Å². The van der Waals surface area contributed by atoms with Crippen molar-refractivity contribution >= 4 is 20.9 Å². The fourth-order valence-corrected chi connectivity index (χ4v) is 2.68. The minimum Gasteiger partial charge on any atom is -0.285 e. The van der Waals surface area contributed by atoms with Crippen molar-refractivity contribution in [3.8, 4) is 0 Å². The van der Waals surface area contributed by atoms with Gasteiger partial charge in [-0.2, -0.15) is 8.42 Å². The van der Waals surface area contributed by atoms with Crippen molar-refractivity contribution in [2.24, 2.45) is 0 Å². The molecule has 0 bridgehead atoms. The van der Waals surface area contributed by atoms with Crippen LogP contribution in [0.5, 0.6) is 0 Å². The van der Waals surface area contributed by atoms with Gasteiger partial charge in [0.2, 0.25) is 0 Å². The predicted molar refractivity (Wildman–Crippen MR) is 69.0 cm³/mol. The number of hydrogen-bond acceptors (Lipinski definition) is 2. The quantitative estimate of drug-likeness (QED) is 0.879. The van der Waals surface area contributed by atoms with Crippen LogP contribution in [0.1, 0.15) is 5.56 Å². The average Bonchev–Trinajstić information content (AvgIpc) is 2.25. The zero-order valence-electron chi connectivity index (χ0n) is 9.88. The Balaban J connectivity index is 2.36. The van der Waals surface area contributed by atoms with Crippen molar-refractivity contribution in [1.29, 1.82) is 0 Å². The summed E-state index contributed by atoms with van der Waals surface area (Å²) in [6.45, 7) is 0. The van der Waals surface area contributed by atoms with Crippen LogP contribution < -0.4 is 0 Å². The molecular formula is C13H12F2O3S. The fraction of sp³-hybridized carbons (Fsp3) is 0.231. The molecule has 0 aliphatic rings. The van der Waals surface area contributed by atoms with Crippen LogP contribution in [0.4, 0.5) is 8.78 Å². The van der Waals surface area contributed by atoms with E-state index in [4.69, 9.17) is 4.55 Å². The maximum atomic E-state index is 13.6. The molecule has 0 aliphatic heterocycles. The Bertz CT molecular complexity index is 691. The topological polar surface area (TPSA) is 54.4 Å². The first kappa shape index (κ1) is 13.9. The van der Waals surface area contributed by atoms with Gasteiger partial charge in [0.25, 0.3) is 16.0 Å². The van der Waals surface area contributed by atoms with Gasteiger partial charge in [-0.3, -0.25) is 4.55 Å². The highest BCUT2D eigenvalue weighted by atomic mass is 32.2. The highest BCUT2D eigenvalue weighted by molar-refractivity contribution is 7.85. The highest BCUT2D eigenvalue weighted by Crippen LogP contribution is 2.26. The molecule has 102 valence electrons. The third kappa shape index (κ3) is 3.71. The Hall–Kier alpha value is -1.53. The summed E-state index contributed by atoms with van der Waals surface area (Å²) in [5, 5.41) is 1.46. The molecular weight excluding hydrogens is 274 g/mol. The lowest BCUT2D eigenvalue weighted by molar-refractivity contribution is 0.0252. The van der Waals surface area contributed by atoms with Crippen LogP contribution in [0.25, 0.3) is 10.8 Å². The molecule has 0 aliphatic carbocycles. The number of fused-ring (bicyclic) bond motifs is 1. The van der Waals surface area contributed by atoms with Crippen LogP contribution in [-0.2, 0) is 16.5 Å². The second-order valence-corrected chi connectivity index (χ2v) is 5.85. The number of rotatable bonds is 4. The summed E-state index contributed by atoms with van der Waals surface area (Å²) in [7, 11) is -4.71. The van der Waals surface area contributed by atoms with Gasteiger partial charge < -0.3 is 0 Å². The van der Waals surface area contributed by atoms with E-state index in [0.29, 0.717) is 10.9 Å². The minimum absolute atomic E-state index is 0.353. The van der Waals surface area contributed by atoms with Crippen LogP contribution in [0.2, 0.25) is 0 Å². The summed E-state index contributed by atoms with van der Waals surface area (Å²) in [6, 6.07) is 12.0. The molecule has 3 nitrogen and oxygen atoms in total. The fourth-order valence-electron chi connectivity index (χ4n) is 2.04. The molecule has 0 saturated carbocycles. The van der Waals surface area contributed by atoms with Crippen LogP contribution in [0.3, 0.4) is 0 Å². The van der Waals surface area contributed by atoms with E-state index in [0.717, 1.165) is 5.39 Å². The molecule has 2 aromatic rings. The molecule has 0 aromatic heterocycles. The number of alkyl halides is 2. The minimum atomic E-state index is -4.71. The molecule has 0 unspecified atom stereocenters. The zero-order valence-corrected chi connectivity index (χ0v) is 10.7. The summed E-state index contributed by atoms with van der Waals surface area (Å²) in [4.78, 5) is 0. The molecule has 0 amide bonds. The molecule has 0 atom stereocenters. The number of benzene rings is 2. The van der Waals surface area contributed by atoms with Gasteiger partial charge in [0.05, 0.1) is 0 Å². The monoisotopic (exact) mass is 286 g/mol. The van der Waals surface area contributed by atoms with Crippen LogP contribution in [-0.4, -0.2) is 24.6 Å². The summed E-state index contributed by atoms with van der Waals surface area (Å²) in [6.07, 6.45) is -0.728. The summed E-state index contributed by atoms with van der Waals surface area (Å²) in [5.41, 5.74) is 0.353. The Labute approximate surface area is 109 Å². The Morgan fingerprint density at radius 3 is 2.37 bits per heavy atom. The van der Waals surface area contributed by atoms with Crippen molar-refractivity contribution < 1.29 is 21.8 Å². The first-order valence-corrected chi connectivity index (χ1v) is 7.17.